The Morgan fingerprint density at radius 1 is 1.18 bits per heavy atom. The summed E-state index contributed by atoms with van der Waals surface area (Å²) in [6, 6.07) is 7.96. The normalized spacial score (nSPS) is 25.4. The Kier molecular flexibility index (Phi) is 12.1. The number of ether oxygens (including phenoxy) is 1. The number of nitrogens with one attached hydrogen (secondary N) is 3. The number of unbranched alkanes of at least 4 members (excludes halogenated alkanes) is 1. The number of hydrogen-bond donors (Lipinski definition) is 5. The molecule has 1 aliphatic carbocycles. The monoisotopic (exact) mass is 517 g/mol. The van der Waals surface area contributed by atoms with Gasteiger partial charge in [-0.3, -0.25) is 14.4 Å². The fraction of sp³-hybridized carbons (Fsp3) is 0.609. The highest BCUT2D eigenvalue weighted by Gasteiger charge is 2.46. The molecule has 0 spiro atoms. The van der Waals surface area contributed by atoms with E-state index in [9.17, 15) is 19.5 Å². The van der Waals surface area contributed by atoms with Crippen LogP contribution in [0.25, 0.3) is 0 Å². The number of aliphatic hydroxyl groups is 1. The summed E-state index contributed by atoms with van der Waals surface area (Å²) in [5.74, 6) is -3.37. The minimum Gasteiger partial charge on any atom is -0.480 e. The van der Waals surface area contributed by atoms with Gasteiger partial charge in [0.2, 0.25) is 11.8 Å². The van der Waals surface area contributed by atoms with Crippen LogP contribution in [0.15, 0.2) is 30.3 Å². The van der Waals surface area contributed by atoms with Crippen LogP contribution >= 0.6 is 23.2 Å². The number of carboxylic acid groups (broad SMARTS) is 1. The molecule has 5 unspecified atom stereocenters. The van der Waals surface area contributed by atoms with E-state index >= 15 is 0 Å². The van der Waals surface area contributed by atoms with Crippen molar-refractivity contribution in [1.29, 1.82) is 0 Å². The lowest BCUT2D eigenvalue weighted by atomic mass is 9.83. The number of halogens is 2. The number of carbonyl (C=O) groups is 3. The second kappa shape index (κ2) is 14.5. The van der Waals surface area contributed by atoms with Crippen LogP contribution in [0, 0.1) is 5.92 Å². The summed E-state index contributed by atoms with van der Waals surface area (Å²) in [7, 11) is 1.87. The van der Waals surface area contributed by atoms with Crippen molar-refractivity contribution in [2.75, 3.05) is 26.7 Å². The molecule has 5 N–H and O–H groups in total. The molecule has 1 fully saturated rings. The van der Waals surface area contributed by atoms with Crippen molar-refractivity contribution in [2.45, 2.75) is 54.7 Å². The van der Waals surface area contributed by atoms with E-state index in [0.717, 1.165) is 24.9 Å². The van der Waals surface area contributed by atoms with Crippen molar-refractivity contribution in [2.24, 2.45) is 5.92 Å². The first kappa shape index (κ1) is 28.3. The van der Waals surface area contributed by atoms with E-state index in [1.807, 2.05) is 13.1 Å². The molecule has 0 aromatic heterocycles. The lowest BCUT2D eigenvalue weighted by Crippen LogP contribution is -2.57. The van der Waals surface area contributed by atoms with Crippen molar-refractivity contribution in [3.63, 3.8) is 0 Å². The second-order valence-electron chi connectivity index (χ2n) is 8.30. The number of alkyl halides is 2. The number of amides is 2. The average molecular weight is 518 g/mol. The molecular weight excluding hydrogens is 485 g/mol. The van der Waals surface area contributed by atoms with Gasteiger partial charge in [-0.05, 0) is 38.4 Å². The van der Waals surface area contributed by atoms with Gasteiger partial charge in [0.05, 0.1) is 28.9 Å². The van der Waals surface area contributed by atoms with Gasteiger partial charge in [0.25, 0.3) is 0 Å². The van der Waals surface area contributed by atoms with Crippen LogP contribution in [0.4, 0.5) is 0 Å². The molecule has 0 bridgehead atoms. The van der Waals surface area contributed by atoms with Crippen LogP contribution in [-0.2, 0) is 25.5 Å². The minimum absolute atomic E-state index is 0.119. The van der Waals surface area contributed by atoms with E-state index < -0.39 is 59.3 Å². The first-order chi connectivity index (χ1) is 16.2. The first-order valence-corrected chi connectivity index (χ1v) is 12.2. The molecule has 1 aliphatic rings. The largest absolute Gasteiger partial charge is 0.480 e. The van der Waals surface area contributed by atoms with Crippen molar-refractivity contribution in [1.82, 2.24) is 16.0 Å². The molecule has 9 nitrogen and oxygen atoms in total. The maximum atomic E-state index is 13.0. The fourth-order valence-electron chi connectivity index (χ4n) is 3.84. The van der Waals surface area contributed by atoms with Gasteiger partial charge >= 0.3 is 5.97 Å². The summed E-state index contributed by atoms with van der Waals surface area (Å²) in [5, 5.41) is 26.1. The lowest BCUT2D eigenvalue weighted by Gasteiger charge is -2.39. The van der Waals surface area contributed by atoms with Crippen molar-refractivity contribution >= 4 is 41.0 Å². The molecule has 1 aromatic rings. The smallest absolute Gasteiger partial charge is 0.322 e. The molecule has 190 valence electrons. The summed E-state index contributed by atoms with van der Waals surface area (Å²) < 4.78 is 5.80. The number of rotatable bonds is 13. The van der Waals surface area contributed by atoms with Gasteiger partial charge in [0.1, 0.15) is 12.6 Å². The standard InChI is InChI=1S/C23H33Cl2N3O6/c1-26-9-5-6-10-34-21-16(24)12-15(20(31)19(21)25)22(32)28-17(23(33)27-13-18(29)30)11-14-7-3-2-4-8-14/h2-4,7-8,15-17,19-21,26,31H,5-6,9-13H2,1H3,(H,27,33)(H,28,32)(H,29,30)/t15?,16?,17-,19?,20?,21?/m0/s1. The number of carbonyl (C=O) groups excluding carboxylic acids is 2. The molecule has 2 amide bonds. The molecule has 0 aliphatic heterocycles. The highest BCUT2D eigenvalue weighted by atomic mass is 35.5. The maximum absolute atomic E-state index is 13.0. The Labute approximate surface area is 209 Å². The zero-order valence-corrected chi connectivity index (χ0v) is 20.6. The molecule has 0 radical (unpaired) electrons. The molecule has 1 saturated carbocycles. The average Bonchev–Trinajstić information content (AvgIpc) is 2.81. The van der Waals surface area contributed by atoms with Crippen LogP contribution in [-0.4, -0.2) is 83.7 Å². The molecule has 34 heavy (non-hydrogen) atoms. The van der Waals surface area contributed by atoms with Crippen molar-refractivity contribution in [3.05, 3.63) is 35.9 Å². The van der Waals surface area contributed by atoms with E-state index in [2.05, 4.69) is 16.0 Å². The summed E-state index contributed by atoms with van der Waals surface area (Å²) >= 11 is 12.9. The van der Waals surface area contributed by atoms with Crippen LogP contribution in [0.1, 0.15) is 24.8 Å². The number of hydrogen-bond acceptors (Lipinski definition) is 6. The van der Waals surface area contributed by atoms with E-state index in [1.54, 1.807) is 24.3 Å². The summed E-state index contributed by atoms with van der Waals surface area (Å²) in [6.07, 6.45) is 0.150. The number of benzene rings is 1. The molecular formula is C23H33Cl2N3O6. The summed E-state index contributed by atoms with van der Waals surface area (Å²) in [6.45, 7) is 0.718. The molecule has 0 heterocycles. The Morgan fingerprint density at radius 2 is 1.88 bits per heavy atom. The van der Waals surface area contributed by atoms with Crippen LogP contribution in [0.5, 0.6) is 0 Å². The number of aliphatic carboxylic acids is 1. The predicted molar refractivity (Wildman–Crippen MR) is 129 cm³/mol. The van der Waals surface area contributed by atoms with E-state index in [1.165, 1.54) is 0 Å². The highest BCUT2D eigenvalue weighted by molar-refractivity contribution is 6.25. The molecule has 6 atom stereocenters. The number of carboxylic acids is 1. The molecule has 11 heteroatoms. The Morgan fingerprint density at radius 3 is 2.53 bits per heavy atom. The van der Waals surface area contributed by atoms with Gasteiger partial charge in [-0.2, -0.15) is 0 Å². The van der Waals surface area contributed by atoms with Crippen molar-refractivity contribution < 1.29 is 29.3 Å². The topological polar surface area (TPSA) is 137 Å². The van der Waals surface area contributed by atoms with Gasteiger partial charge in [-0.15, -0.1) is 23.2 Å². The molecule has 0 saturated heterocycles. The van der Waals surface area contributed by atoms with Crippen molar-refractivity contribution in [3.8, 4) is 0 Å². The van der Waals surface area contributed by atoms with E-state index in [-0.39, 0.29) is 12.8 Å². The van der Waals surface area contributed by atoms with E-state index in [0.29, 0.717) is 6.61 Å². The Hall–Kier alpha value is -1.91. The van der Waals surface area contributed by atoms with Crippen LogP contribution < -0.4 is 16.0 Å². The van der Waals surface area contributed by atoms with Gasteiger partial charge in [0, 0.05) is 13.0 Å². The number of aliphatic hydroxyl groups excluding tert-OH is 1. The third-order valence-electron chi connectivity index (χ3n) is 5.69. The Balaban J connectivity index is 2.02. The van der Waals surface area contributed by atoms with Gasteiger partial charge in [-0.25, -0.2) is 0 Å². The van der Waals surface area contributed by atoms with Gasteiger partial charge in [0.15, 0.2) is 0 Å². The lowest BCUT2D eigenvalue weighted by molar-refractivity contribution is -0.139. The third-order valence-corrected chi connectivity index (χ3v) is 6.62. The zero-order valence-electron chi connectivity index (χ0n) is 19.1. The predicted octanol–water partition coefficient (Wildman–Crippen LogP) is 0.895. The second-order valence-corrected chi connectivity index (χ2v) is 9.37. The zero-order chi connectivity index (χ0) is 25.1. The summed E-state index contributed by atoms with van der Waals surface area (Å²) in [5.41, 5.74) is 0.777. The molecule has 2 rings (SSSR count). The Bertz CT molecular complexity index is 800. The SMILES string of the molecule is CNCCCCOC1C(Cl)CC(C(=O)N[C@@H](Cc2ccccc2)C(=O)NCC(=O)O)C(O)C1Cl. The van der Waals surface area contributed by atoms with E-state index in [4.69, 9.17) is 33.0 Å². The van der Waals surface area contributed by atoms with Crippen LogP contribution in [0.2, 0.25) is 0 Å². The molecule has 1 aromatic carbocycles. The minimum atomic E-state index is -1.22. The fourth-order valence-corrected chi connectivity index (χ4v) is 4.76. The highest BCUT2D eigenvalue weighted by Crippen LogP contribution is 2.34. The first-order valence-electron chi connectivity index (χ1n) is 11.3. The van der Waals surface area contributed by atoms with Crippen LogP contribution in [0.3, 0.4) is 0 Å². The maximum Gasteiger partial charge on any atom is 0.322 e. The quantitative estimate of drug-likeness (QED) is 0.193. The van der Waals surface area contributed by atoms with Gasteiger partial charge in [-0.1, -0.05) is 30.3 Å². The summed E-state index contributed by atoms with van der Waals surface area (Å²) in [4.78, 5) is 36.5. The van der Waals surface area contributed by atoms with Gasteiger partial charge < -0.3 is 30.9 Å². The third kappa shape index (κ3) is 8.70.